The maximum Gasteiger partial charge on any atom is 0.258 e. The van der Waals surface area contributed by atoms with Crippen LogP contribution < -0.4 is 10.1 Å². The summed E-state index contributed by atoms with van der Waals surface area (Å²) >= 11 is 0. The van der Waals surface area contributed by atoms with Crippen LogP contribution in [0.5, 0.6) is 5.75 Å². The molecule has 1 amide bonds. The Balaban J connectivity index is 1.44. The summed E-state index contributed by atoms with van der Waals surface area (Å²) in [6.07, 6.45) is 6.57. The van der Waals surface area contributed by atoms with Gasteiger partial charge in [-0.05, 0) is 68.8 Å². The molecule has 160 valence electrons. The van der Waals surface area contributed by atoms with Gasteiger partial charge in [0.2, 0.25) is 0 Å². The molecule has 1 aliphatic carbocycles. The van der Waals surface area contributed by atoms with Gasteiger partial charge < -0.3 is 15.0 Å². The van der Waals surface area contributed by atoms with Gasteiger partial charge >= 0.3 is 0 Å². The minimum Gasteiger partial charge on any atom is -0.483 e. The third-order valence-electron chi connectivity index (χ3n) is 5.43. The van der Waals surface area contributed by atoms with Crippen LogP contribution in [0.2, 0.25) is 0 Å². The van der Waals surface area contributed by atoms with E-state index in [1.807, 2.05) is 38.4 Å². The summed E-state index contributed by atoms with van der Waals surface area (Å²) in [5.74, 6) is 1.27. The average molecular weight is 417 g/mol. The largest absolute Gasteiger partial charge is 0.483 e. The second-order valence-electron chi connectivity index (χ2n) is 8.13. The van der Waals surface area contributed by atoms with Crippen LogP contribution in [0.3, 0.4) is 0 Å². The zero-order chi connectivity index (χ0) is 21.6. The Hall–Kier alpha value is -3.25. The van der Waals surface area contributed by atoms with Gasteiger partial charge in [0.1, 0.15) is 5.75 Å². The number of nitrogens with one attached hydrogen (secondary N) is 1. The van der Waals surface area contributed by atoms with Crippen molar-refractivity contribution >= 4 is 5.91 Å². The first-order chi connectivity index (χ1) is 15.1. The predicted molar refractivity (Wildman–Crippen MR) is 121 cm³/mol. The molecule has 1 aliphatic rings. The lowest BCUT2D eigenvalue weighted by Gasteiger charge is -2.26. The van der Waals surface area contributed by atoms with Crippen LogP contribution in [0.1, 0.15) is 35.6 Å². The molecule has 0 spiro atoms. The Morgan fingerprint density at radius 2 is 1.94 bits per heavy atom. The molecule has 6 heteroatoms. The fourth-order valence-electron chi connectivity index (χ4n) is 4.05. The van der Waals surface area contributed by atoms with Gasteiger partial charge in [0, 0.05) is 30.1 Å². The smallest absolute Gasteiger partial charge is 0.258 e. The predicted octanol–water partition coefficient (Wildman–Crippen LogP) is 3.78. The fraction of sp³-hybridized carbons (Fsp3) is 0.320. The number of carbonyl (C=O) groups excluding carboxylic acids is 1. The Morgan fingerprint density at radius 3 is 2.74 bits per heavy atom. The summed E-state index contributed by atoms with van der Waals surface area (Å²) in [6.45, 7) is 0.675. The van der Waals surface area contributed by atoms with Gasteiger partial charge in [0.15, 0.2) is 12.4 Å². The van der Waals surface area contributed by atoms with Crippen molar-refractivity contribution in [2.45, 2.75) is 31.8 Å². The highest BCUT2D eigenvalue weighted by molar-refractivity contribution is 5.78. The Labute approximate surface area is 183 Å². The highest BCUT2D eigenvalue weighted by atomic mass is 16.5. The lowest BCUT2D eigenvalue weighted by molar-refractivity contribution is -0.124. The van der Waals surface area contributed by atoms with Gasteiger partial charge in [0.05, 0.1) is 6.04 Å². The number of carbonyl (C=O) groups is 1. The molecule has 1 aromatic heterocycles. The zero-order valence-corrected chi connectivity index (χ0v) is 18.0. The number of aromatic nitrogens is 2. The molecule has 3 aromatic rings. The molecule has 6 nitrogen and oxygen atoms in total. The molecule has 0 aliphatic heterocycles. The number of benzene rings is 2. The number of nitrogens with zero attached hydrogens (tertiary/aromatic N) is 3. The Kier molecular flexibility index (Phi) is 6.57. The first-order valence-corrected chi connectivity index (χ1v) is 10.6. The highest BCUT2D eigenvalue weighted by Crippen LogP contribution is 2.29. The maximum atomic E-state index is 12.6. The molecule has 0 radical (unpaired) electrons. The van der Waals surface area contributed by atoms with Crippen molar-refractivity contribution in [1.82, 2.24) is 20.2 Å². The van der Waals surface area contributed by atoms with Gasteiger partial charge in [-0.2, -0.15) is 0 Å². The van der Waals surface area contributed by atoms with E-state index >= 15 is 0 Å². The zero-order valence-electron chi connectivity index (χ0n) is 18.0. The van der Waals surface area contributed by atoms with E-state index in [0.29, 0.717) is 18.1 Å². The quantitative estimate of drug-likeness (QED) is 0.635. The van der Waals surface area contributed by atoms with E-state index in [1.54, 1.807) is 18.5 Å². The number of fused-ring (bicyclic) bond motifs is 1. The number of hydrogen-bond acceptors (Lipinski definition) is 5. The third-order valence-corrected chi connectivity index (χ3v) is 5.43. The minimum absolute atomic E-state index is 0.0136. The summed E-state index contributed by atoms with van der Waals surface area (Å²) < 4.78 is 5.94. The van der Waals surface area contributed by atoms with Gasteiger partial charge in [-0.3, -0.25) is 4.79 Å². The van der Waals surface area contributed by atoms with Crippen molar-refractivity contribution < 1.29 is 9.53 Å². The van der Waals surface area contributed by atoms with Crippen LogP contribution in [0, 0.1) is 0 Å². The van der Waals surface area contributed by atoms with Gasteiger partial charge in [0.25, 0.3) is 5.91 Å². The second kappa shape index (κ2) is 9.71. The molecule has 0 saturated carbocycles. The lowest BCUT2D eigenvalue weighted by Crippen LogP contribution is -2.34. The van der Waals surface area contributed by atoms with Crippen molar-refractivity contribution in [3.8, 4) is 17.1 Å². The van der Waals surface area contributed by atoms with E-state index in [1.165, 1.54) is 11.1 Å². The number of rotatable bonds is 7. The normalized spacial score (nSPS) is 15.4. The van der Waals surface area contributed by atoms with E-state index in [2.05, 4.69) is 38.4 Å². The van der Waals surface area contributed by atoms with E-state index in [4.69, 9.17) is 4.74 Å². The molecule has 0 saturated heterocycles. The van der Waals surface area contributed by atoms with Crippen LogP contribution >= 0.6 is 0 Å². The number of aryl methyl sites for hydroxylation is 1. The van der Waals surface area contributed by atoms with Crippen molar-refractivity contribution in [1.29, 1.82) is 0 Å². The summed E-state index contributed by atoms with van der Waals surface area (Å²) in [5.41, 5.74) is 4.47. The van der Waals surface area contributed by atoms with Crippen molar-refractivity contribution in [2.75, 3.05) is 20.7 Å². The molecule has 0 bridgehead atoms. The molecular weight excluding hydrogens is 388 g/mol. The molecule has 0 fully saturated rings. The minimum atomic E-state index is -0.104. The second-order valence-corrected chi connectivity index (χ2v) is 8.13. The van der Waals surface area contributed by atoms with Crippen molar-refractivity contribution in [2.24, 2.45) is 0 Å². The van der Waals surface area contributed by atoms with E-state index in [9.17, 15) is 4.79 Å². The summed E-state index contributed by atoms with van der Waals surface area (Å²) in [6, 6.07) is 16.1. The van der Waals surface area contributed by atoms with Crippen LogP contribution in [0.15, 0.2) is 60.9 Å². The molecule has 1 atom stereocenters. The Bertz CT molecular complexity index is 1040. The number of ether oxygens (including phenoxy) is 1. The standard InChI is InChI=1S/C25H28N4O2/c1-29(2)16-20-15-19(25-26-13-6-14-27-25)11-12-23(20)31-17-24(30)28-22-10-5-8-18-7-3-4-9-21(18)22/h3-4,6-7,9,11-15,22H,5,8,10,16-17H2,1-2H3,(H,28,30)/t22-/m0/s1. The lowest BCUT2D eigenvalue weighted by atomic mass is 9.88. The van der Waals surface area contributed by atoms with Crippen LogP contribution in [-0.2, 0) is 17.8 Å². The first-order valence-electron chi connectivity index (χ1n) is 10.6. The third kappa shape index (κ3) is 5.27. The molecule has 2 aromatic carbocycles. The molecule has 4 rings (SSSR count). The number of amides is 1. The monoisotopic (exact) mass is 416 g/mol. The first kappa shape index (κ1) is 21.0. The summed E-state index contributed by atoms with van der Waals surface area (Å²) in [7, 11) is 4.01. The van der Waals surface area contributed by atoms with Crippen molar-refractivity contribution in [3.63, 3.8) is 0 Å². The van der Waals surface area contributed by atoms with Crippen LogP contribution in [0.4, 0.5) is 0 Å². The topological polar surface area (TPSA) is 67.3 Å². The molecule has 1 N–H and O–H groups in total. The van der Waals surface area contributed by atoms with E-state index < -0.39 is 0 Å². The highest BCUT2D eigenvalue weighted by Gasteiger charge is 2.21. The molecule has 1 heterocycles. The van der Waals surface area contributed by atoms with Gasteiger partial charge in [-0.1, -0.05) is 24.3 Å². The van der Waals surface area contributed by atoms with Gasteiger partial charge in [-0.15, -0.1) is 0 Å². The molecule has 0 unspecified atom stereocenters. The maximum absolute atomic E-state index is 12.6. The van der Waals surface area contributed by atoms with Crippen molar-refractivity contribution in [3.05, 3.63) is 77.6 Å². The Morgan fingerprint density at radius 1 is 1.13 bits per heavy atom. The molecule has 31 heavy (non-hydrogen) atoms. The summed E-state index contributed by atoms with van der Waals surface area (Å²) in [4.78, 5) is 23.4. The molecular formula is C25H28N4O2. The average Bonchev–Trinajstić information content (AvgIpc) is 2.79. The SMILES string of the molecule is CN(C)Cc1cc(-c2ncccn2)ccc1OCC(=O)N[C@H]1CCCc2ccccc21. The van der Waals surface area contributed by atoms with E-state index in [0.717, 1.165) is 30.4 Å². The summed E-state index contributed by atoms with van der Waals surface area (Å²) in [5, 5.41) is 3.15. The van der Waals surface area contributed by atoms with E-state index in [-0.39, 0.29) is 18.6 Å². The fourth-order valence-corrected chi connectivity index (χ4v) is 4.05. The van der Waals surface area contributed by atoms with Crippen LogP contribution in [0.25, 0.3) is 11.4 Å². The van der Waals surface area contributed by atoms with Gasteiger partial charge in [-0.25, -0.2) is 9.97 Å². The number of hydrogen-bond donors (Lipinski definition) is 1. The van der Waals surface area contributed by atoms with Crippen LogP contribution in [-0.4, -0.2) is 41.5 Å².